The molecule has 2 aliphatic heterocycles. The summed E-state index contributed by atoms with van der Waals surface area (Å²) in [6.45, 7) is 2.93. The minimum absolute atomic E-state index is 0.0207. The Morgan fingerprint density at radius 1 is 1.12 bits per heavy atom. The number of urea groups is 1. The third-order valence-electron chi connectivity index (χ3n) is 5.38. The highest BCUT2D eigenvalue weighted by Crippen LogP contribution is 2.33. The van der Waals surface area contributed by atoms with Crippen LogP contribution in [-0.2, 0) is 0 Å². The average Bonchev–Trinajstić information content (AvgIpc) is 3.11. The first-order valence-electron chi connectivity index (χ1n) is 8.70. The molecule has 1 unspecified atom stereocenters. The second kappa shape index (κ2) is 7.60. The number of nitrogens with one attached hydrogen (secondary N) is 1. The van der Waals surface area contributed by atoms with E-state index in [0.717, 1.165) is 32.4 Å². The van der Waals surface area contributed by atoms with Gasteiger partial charge in [-0.1, -0.05) is 11.6 Å². The van der Waals surface area contributed by atoms with Gasteiger partial charge in [0.2, 0.25) is 0 Å². The lowest BCUT2D eigenvalue weighted by molar-refractivity contribution is 0.0777. The second-order valence-corrected chi connectivity index (χ2v) is 7.21. The molecule has 0 saturated carbocycles. The summed E-state index contributed by atoms with van der Waals surface area (Å²) in [6.07, 6.45) is 2.91. The van der Waals surface area contributed by atoms with Gasteiger partial charge in [-0.2, -0.15) is 0 Å². The number of benzene rings is 1. The number of halogens is 2. The number of amides is 3. The molecule has 5 nitrogen and oxygen atoms in total. The molecule has 2 fully saturated rings. The van der Waals surface area contributed by atoms with Gasteiger partial charge in [0.15, 0.2) is 0 Å². The van der Waals surface area contributed by atoms with Crippen molar-refractivity contribution < 1.29 is 14.0 Å². The molecule has 0 spiro atoms. The molecule has 1 N–H and O–H groups in total. The molecule has 3 rings (SSSR count). The first kappa shape index (κ1) is 18.0. The zero-order valence-corrected chi connectivity index (χ0v) is 15.1. The van der Waals surface area contributed by atoms with E-state index >= 15 is 0 Å². The zero-order chi connectivity index (χ0) is 18.0. The third-order valence-corrected chi connectivity index (χ3v) is 5.69. The fourth-order valence-corrected chi connectivity index (χ4v) is 4.17. The van der Waals surface area contributed by atoms with Crippen LogP contribution in [0.5, 0.6) is 0 Å². The van der Waals surface area contributed by atoms with Crippen LogP contribution in [0.2, 0.25) is 5.02 Å². The summed E-state index contributed by atoms with van der Waals surface area (Å²) in [5.41, 5.74) is 0.359. The lowest BCUT2D eigenvalue weighted by atomic mass is 9.84. The molecule has 3 amide bonds. The van der Waals surface area contributed by atoms with Crippen molar-refractivity contribution in [2.45, 2.75) is 19.3 Å². The standard InChI is InChI=1S/C18H23ClFN3O2/c1-21-18(25)22-7-4-12(5-8-22)13-6-9-23(11-13)17(24)15-3-2-14(20)10-16(15)19/h2-3,10,12-13H,4-9,11H2,1H3,(H,21,25). The summed E-state index contributed by atoms with van der Waals surface area (Å²) in [5, 5.41) is 2.82. The van der Waals surface area contributed by atoms with Gasteiger partial charge in [0.05, 0.1) is 10.6 Å². The number of carbonyl (C=O) groups is 2. The fraction of sp³-hybridized carbons (Fsp3) is 0.556. The van der Waals surface area contributed by atoms with E-state index in [0.29, 0.717) is 30.5 Å². The third kappa shape index (κ3) is 3.89. The minimum atomic E-state index is -0.441. The first-order valence-corrected chi connectivity index (χ1v) is 9.08. The predicted octanol–water partition coefficient (Wildman–Crippen LogP) is 2.99. The fourth-order valence-electron chi connectivity index (χ4n) is 3.92. The molecule has 2 aliphatic rings. The number of hydrogen-bond acceptors (Lipinski definition) is 2. The van der Waals surface area contributed by atoms with Crippen LogP contribution in [0.3, 0.4) is 0 Å². The van der Waals surface area contributed by atoms with E-state index in [1.807, 2.05) is 9.80 Å². The number of hydrogen-bond donors (Lipinski definition) is 1. The highest BCUT2D eigenvalue weighted by molar-refractivity contribution is 6.33. The van der Waals surface area contributed by atoms with Gasteiger partial charge < -0.3 is 15.1 Å². The summed E-state index contributed by atoms with van der Waals surface area (Å²) < 4.78 is 13.2. The molecule has 1 aromatic carbocycles. The maximum Gasteiger partial charge on any atom is 0.317 e. The van der Waals surface area contributed by atoms with E-state index in [1.54, 1.807) is 7.05 Å². The highest BCUT2D eigenvalue weighted by Gasteiger charge is 2.35. The van der Waals surface area contributed by atoms with Crippen molar-refractivity contribution in [2.24, 2.45) is 11.8 Å². The Hall–Kier alpha value is -1.82. The molecule has 1 aromatic rings. The molecule has 0 aliphatic carbocycles. The van der Waals surface area contributed by atoms with E-state index < -0.39 is 5.82 Å². The largest absolute Gasteiger partial charge is 0.341 e. The molecular formula is C18H23ClFN3O2. The molecule has 2 heterocycles. The molecule has 1 atom stereocenters. The number of carbonyl (C=O) groups excluding carboxylic acids is 2. The molecule has 2 saturated heterocycles. The van der Waals surface area contributed by atoms with Crippen LogP contribution in [0.25, 0.3) is 0 Å². The van der Waals surface area contributed by atoms with Crippen LogP contribution in [-0.4, -0.2) is 55.0 Å². The topological polar surface area (TPSA) is 52.7 Å². The van der Waals surface area contributed by atoms with Gasteiger partial charge in [-0.25, -0.2) is 9.18 Å². The van der Waals surface area contributed by atoms with Gasteiger partial charge >= 0.3 is 6.03 Å². The van der Waals surface area contributed by atoms with Crippen molar-refractivity contribution in [1.82, 2.24) is 15.1 Å². The molecule has 0 bridgehead atoms. The van der Waals surface area contributed by atoms with Crippen LogP contribution in [0, 0.1) is 17.7 Å². The Kier molecular flexibility index (Phi) is 5.47. The molecule has 0 radical (unpaired) electrons. The number of nitrogens with zero attached hydrogens (tertiary/aromatic N) is 2. The monoisotopic (exact) mass is 367 g/mol. The summed E-state index contributed by atoms with van der Waals surface area (Å²) in [6, 6.07) is 3.88. The summed E-state index contributed by atoms with van der Waals surface area (Å²) >= 11 is 6.02. The maximum atomic E-state index is 13.2. The summed E-state index contributed by atoms with van der Waals surface area (Å²) in [5.74, 6) is 0.413. The Morgan fingerprint density at radius 2 is 1.76 bits per heavy atom. The lowest BCUT2D eigenvalue weighted by Gasteiger charge is -2.34. The number of piperidine rings is 1. The Labute approximate surface area is 152 Å². The van der Waals surface area contributed by atoms with Gasteiger partial charge in [-0.3, -0.25) is 4.79 Å². The summed E-state index contributed by atoms with van der Waals surface area (Å²) in [7, 11) is 1.65. The van der Waals surface area contributed by atoms with Crippen molar-refractivity contribution in [1.29, 1.82) is 0 Å². The normalized spacial score (nSPS) is 21.5. The molecule has 136 valence electrons. The average molecular weight is 368 g/mol. The van der Waals surface area contributed by atoms with Gasteiger partial charge in [-0.05, 0) is 49.3 Å². The van der Waals surface area contributed by atoms with Gasteiger partial charge in [0.1, 0.15) is 5.82 Å². The van der Waals surface area contributed by atoms with E-state index in [-0.39, 0.29) is 17.0 Å². The van der Waals surface area contributed by atoms with E-state index in [1.165, 1.54) is 18.2 Å². The van der Waals surface area contributed by atoms with Gasteiger partial charge in [0, 0.05) is 33.2 Å². The number of likely N-dealkylation sites (tertiary alicyclic amines) is 2. The molecule has 25 heavy (non-hydrogen) atoms. The van der Waals surface area contributed by atoms with Crippen molar-refractivity contribution >= 4 is 23.5 Å². The van der Waals surface area contributed by atoms with Crippen LogP contribution in [0.1, 0.15) is 29.6 Å². The molecule has 0 aromatic heterocycles. The quantitative estimate of drug-likeness (QED) is 0.873. The zero-order valence-electron chi connectivity index (χ0n) is 14.3. The maximum absolute atomic E-state index is 13.2. The second-order valence-electron chi connectivity index (χ2n) is 6.80. The Bertz CT molecular complexity index is 662. The van der Waals surface area contributed by atoms with E-state index in [4.69, 9.17) is 11.6 Å². The van der Waals surface area contributed by atoms with Crippen molar-refractivity contribution in [3.63, 3.8) is 0 Å². The smallest absolute Gasteiger partial charge is 0.317 e. The minimum Gasteiger partial charge on any atom is -0.341 e. The van der Waals surface area contributed by atoms with Crippen LogP contribution < -0.4 is 5.32 Å². The van der Waals surface area contributed by atoms with E-state index in [2.05, 4.69) is 5.32 Å². The lowest BCUT2D eigenvalue weighted by Crippen LogP contribution is -2.44. The Morgan fingerprint density at radius 3 is 2.40 bits per heavy atom. The number of rotatable bonds is 2. The van der Waals surface area contributed by atoms with E-state index in [9.17, 15) is 14.0 Å². The van der Waals surface area contributed by atoms with Crippen molar-refractivity contribution in [3.8, 4) is 0 Å². The van der Waals surface area contributed by atoms with Crippen molar-refractivity contribution in [3.05, 3.63) is 34.6 Å². The van der Waals surface area contributed by atoms with Crippen molar-refractivity contribution in [2.75, 3.05) is 33.2 Å². The molecule has 7 heteroatoms. The molecular weight excluding hydrogens is 345 g/mol. The van der Waals surface area contributed by atoms with Gasteiger partial charge in [-0.15, -0.1) is 0 Å². The van der Waals surface area contributed by atoms with Gasteiger partial charge in [0.25, 0.3) is 5.91 Å². The highest BCUT2D eigenvalue weighted by atomic mass is 35.5. The van der Waals surface area contributed by atoms with Crippen LogP contribution in [0.4, 0.5) is 9.18 Å². The first-order chi connectivity index (χ1) is 12.0. The predicted molar refractivity (Wildman–Crippen MR) is 94.2 cm³/mol. The van der Waals surface area contributed by atoms with Crippen LogP contribution >= 0.6 is 11.6 Å². The SMILES string of the molecule is CNC(=O)N1CCC(C2CCN(C(=O)c3ccc(F)cc3Cl)C2)CC1. The Balaban J connectivity index is 1.57. The van der Waals surface area contributed by atoms with Crippen LogP contribution in [0.15, 0.2) is 18.2 Å². The summed E-state index contributed by atoms with van der Waals surface area (Å²) in [4.78, 5) is 28.0.